The molecule has 10 heteroatoms. The average Bonchev–Trinajstić information content (AvgIpc) is 2.59. The van der Waals surface area contributed by atoms with Crippen molar-refractivity contribution < 1.29 is 24.0 Å². The molecule has 27 heavy (non-hydrogen) atoms. The number of hydrogen-bond donors (Lipinski definition) is 1. The minimum Gasteiger partial charge on any atom is -0.475 e. The molecule has 1 amide bonds. The number of rotatable bonds is 7. The Morgan fingerprint density at radius 2 is 1.81 bits per heavy atom. The van der Waals surface area contributed by atoms with Crippen LogP contribution in [0.2, 0.25) is 10.0 Å². The Bertz CT molecular complexity index is 854. The zero-order chi connectivity index (χ0) is 20.0. The summed E-state index contributed by atoms with van der Waals surface area (Å²) in [5.74, 6) is -1.54. The molecule has 8 nitrogen and oxygen atoms in total. The maximum absolute atomic E-state index is 12.1. The second kappa shape index (κ2) is 9.20. The number of benzene rings is 2. The van der Waals surface area contributed by atoms with Crippen LogP contribution < -0.4 is 10.1 Å². The van der Waals surface area contributed by atoms with Crippen molar-refractivity contribution >= 4 is 46.5 Å². The standard InChI is InChI=1S/C17H14Cl2N2O6/c1-10(17(23)20-13-7-11(18)6-12(19)8-13)27-16(22)9-26-15-5-3-2-4-14(15)21(24)25/h2-8,10H,9H2,1H3,(H,20,23)/t10-/m0/s1. The second-order valence-electron chi connectivity index (χ2n) is 5.29. The van der Waals surface area contributed by atoms with Gasteiger partial charge >= 0.3 is 11.7 Å². The number of hydrogen-bond acceptors (Lipinski definition) is 6. The topological polar surface area (TPSA) is 108 Å². The number of nitro benzene ring substituents is 1. The highest BCUT2D eigenvalue weighted by Crippen LogP contribution is 2.26. The van der Waals surface area contributed by atoms with E-state index in [1.54, 1.807) is 0 Å². The molecule has 0 unspecified atom stereocenters. The van der Waals surface area contributed by atoms with Gasteiger partial charge < -0.3 is 14.8 Å². The first-order valence-corrected chi connectivity index (χ1v) is 8.34. The molecule has 2 aromatic carbocycles. The zero-order valence-electron chi connectivity index (χ0n) is 14.0. The predicted molar refractivity (Wildman–Crippen MR) is 99.2 cm³/mol. The minimum absolute atomic E-state index is 0.0786. The molecule has 2 rings (SSSR count). The molecule has 0 aromatic heterocycles. The van der Waals surface area contributed by atoms with Gasteiger partial charge in [-0.15, -0.1) is 0 Å². The van der Waals surface area contributed by atoms with Crippen LogP contribution in [0.5, 0.6) is 5.75 Å². The summed E-state index contributed by atoms with van der Waals surface area (Å²) in [7, 11) is 0. The normalized spacial score (nSPS) is 11.4. The number of ether oxygens (including phenoxy) is 2. The summed E-state index contributed by atoms with van der Waals surface area (Å²) in [5, 5.41) is 14.1. The molecule has 142 valence electrons. The van der Waals surface area contributed by atoms with Crippen LogP contribution >= 0.6 is 23.2 Å². The highest BCUT2D eigenvalue weighted by atomic mass is 35.5. The lowest BCUT2D eigenvalue weighted by atomic mass is 10.3. The number of para-hydroxylation sites is 2. The molecule has 0 saturated heterocycles. The summed E-state index contributed by atoms with van der Waals surface area (Å²) in [4.78, 5) is 34.2. The van der Waals surface area contributed by atoms with E-state index in [4.69, 9.17) is 32.7 Å². The van der Waals surface area contributed by atoms with E-state index in [2.05, 4.69) is 5.32 Å². The molecule has 0 fully saturated rings. The van der Waals surface area contributed by atoms with Gasteiger partial charge in [-0.1, -0.05) is 35.3 Å². The Balaban J connectivity index is 1.89. The fourth-order valence-corrected chi connectivity index (χ4v) is 2.55. The van der Waals surface area contributed by atoms with Crippen molar-refractivity contribution in [1.29, 1.82) is 0 Å². The van der Waals surface area contributed by atoms with Crippen LogP contribution in [0.4, 0.5) is 11.4 Å². The van der Waals surface area contributed by atoms with E-state index in [9.17, 15) is 19.7 Å². The molecule has 0 saturated carbocycles. The Labute approximate surface area is 164 Å². The van der Waals surface area contributed by atoms with E-state index in [-0.39, 0.29) is 11.4 Å². The molecular weight excluding hydrogens is 399 g/mol. The first-order chi connectivity index (χ1) is 12.8. The van der Waals surface area contributed by atoms with Crippen molar-refractivity contribution in [3.8, 4) is 5.75 Å². The number of amides is 1. The van der Waals surface area contributed by atoms with Gasteiger partial charge in [0.2, 0.25) is 0 Å². The lowest BCUT2D eigenvalue weighted by molar-refractivity contribution is -0.385. The number of nitrogens with one attached hydrogen (secondary N) is 1. The third-order valence-corrected chi connectivity index (χ3v) is 3.65. The third-order valence-electron chi connectivity index (χ3n) is 3.22. The average molecular weight is 413 g/mol. The summed E-state index contributed by atoms with van der Waals surface area (Å²) in [6, 6.07) is 10.1. The van der Waals surface area contributed by atoms with Crippen LogP contribution in [0.3, 0.4) is 0 Å². The fourth-order valence-electron chi connectivity index (χ4n) is 2.02. The molecule has 0 bridgehead atoms. The van der Waals surface area contributed by atoms with Gasteiger partial charge in [-0.25, -0.2) is 4.79 Å². The molecule has 0 heterocycles. The van der Waals surface area contributed by atoms with Crippen molar-refractivity contribution in [1.82, 2.24) is 0 Å². The Morgan fingerprint density at radius 1 is 1.19 bits per heavy atom. The minimum atomic E-state index is -1.13. The Kier molecular flexibility index (Phi) is 6.98. The summed E-state index contributed by atoms with van der Waals surface area (Å²) in [5.41, 5.74) is 0.0606. The monoisotopic (exact) mass is 412 g/mol. The summed E-state index contributed by atoms with van der Waals surface area (Å²) < 4.78 is 10.1. The lowest BCUT2D eigenvalue weighted by Crippen LogP contribution is -2.31. The highest BCUT2D eigenvalue weighted by molar-refractivity contribution is 6.35. The summed E-state index contributed by atoms with van der Waals surface area (Å²) in [6.45, 7) is 0.774. The van der Waals surface area contributed by atoms with Gasteiger partial charge in [-0.05, 0) is 31.2 Å². The van der Waals surface area contributed by atoms with Gasteiger partial charge in [0.05, 0.1) is 4.92 Å². The Morgan fingerprint density at radius 3 is 2.44 bits per heavy atom. The van der Waals surface area contributed by atoms with Crippen molar-refractivity contribution in [3.05, 3.63) is 62.6 Å². The largest absolute Gasteiger partial charge is 0.475 e. The van der Waals surface area contributed by atoms with Gasteiger partial charge in [-0.2, -0.15) is 0 Å². The van der Waals surface area contributed by atoms with Crippen molar-refractivity contribution in [3.63, 3.8) is 0 Å². The smallest absolute Gasteiger partial charge is 0.344 e. The number of carbonyl (C=O) groups is 2. The second-order valence-corrected chi connectivity index (χ2v) is 6.17. The quantitative estimate of drug-likeness (QED) is 0.420. The number of esters is 1. The van der Waals surface area contributed by atoms with Crippen molar-refractivity contribution in [2.24, 2.45) is 0 Å². The van der Waals surface area contributed by atoms with Crippen LogP contribution in [0.15, 0.2) is 42.5 Å². The molecule has 0 spiro atoms. The van der Waals surface area contributed by atoms with E-state index in [0.29, 0.717) is 15.7 Å². The highest BCUT2D eigenvalue weighted by Gasteiger charge is 2.20. The molecule has 0 aliphatic carbocycles. The zero-order valence-corrected chi connectivity index (χ0v) is 15.5. The van der Waals surface area contributed by atoms with Gasteiger partial charge in [0.1, 0.15) is 0 Å². The van der Waals surface area contributed by atoms with Crippen LogP contribution in [-0.4, -0.2) is 29.5 Å². The van der Waals surface area contributed by atoms with E-state index in [1.807, 2.05) is 0 Å². The van der Waals surface area contributed by atoms with E-state index in [0.717, 1.165) is 0 Å². The SMILES string of the molecule is C[C@H](OC(=O)COc1ccccc1[N+](=O)[O-])C(=O)Nc1cc(Cl)cc(Cl)c1. The van der Waals surface area contributed by atoms with Gasteiger partial charge in [-0.3, -0.25) is 14.9 Å². The molecule has 1 atom stereocenters. The van der Waals surface area contributed by atoms with E-state index < -0.39 is 29.5 Å². The van der Waals surface area contributed by atoms with Crippen LogP contribution in [0, 0.1) is 10.1 Å². The first kappa shape index (κ1) is 20.5. The first-order valence-electron chi connectivity index (χ1n) is 7.59. The number of nitrogens with zero attached hydrogens (tertiary/aromatic N) is 1. The van der Waals surface area contributed by atoms with E-state index in [1.165, 1.54) is 49.4 Å². The van der Waals surface area contributed by atoms with Crippen molar-refractivity contribution in [2.45, 2.75) is 13.0 Å². The maximum Gasteiger partial charge on any atom is 0.344 e. The molecule has 2 aromatic rings. The Hall–Kier alpha value is -2.84. The summed E-state index contributed by atoms with van der Waals surface area (Å²) >= 11 is 11.7. The van der Waals surface area contributed by atoms with Crippen LogP contribution in [0.25, 0.3) is 0 Å². The number of carbonyl (C=O) groups excluding carboxylic acids is 2. The number of nitro groups is 1. The molecular formula is C17H14Cl2N2O6. The van der Waals surface area contributed by atoms with Gasteiger partial charge in [0, 0.05) is 21.8 Å². The van der Waals surface area contributed by atoms with E-state index >= 15 is 0 Å². The van der Waals surface area contributed by atoms with Gasteiger partial charge in [0.15, 0.2) is 18.5 Å². The number of anilines is 1. The lowest BCUT2D eigenvalue weighted by Gasteiger charge is -2.14. The molecule has 0 radical (unpaired) electrons. The number of halogens is 2. The maximum atomic E-state index is 12.1. The van der Waals surface area contributed by atoms with Gasteiger partial charge in [0.25, 0.3) is 5.91 Å². The third kappa shape index (κ3) is 6.12. The summed E-state index contributed by atoms with van der Waals surface area (Å²) in [6.07, 6.45) is -1.13. The van der Waals surface area contributed by atoms with Crippen molar-refractivity contribution in [2.75, 3.05) is 11.9 Å². The predicted octanol–water partition coefficient (Wildman–Crippen LogP) is 3.85. The molecule has 0 aliphatic rings. The molecule has 1 N–H and O–H groups in total. The van der Waals surface area contributed by atoms with Crippen LogP contribution in [0.1, 0.15) is 6.92 Å². The molecule has 0 aliphatic heterocycles. The fraction of sp³-hybridized carbons (Fsp3) is 0.176. The van der Waals surface area contributed by atoms with Crippen LogP contribution in [-0.2, 0) is 14.3 Å².